The Morgan fingerprint density at radius 3 is 2.65 bits per heavy atom. The van der Waals surface area contributed by atoms with E-state index in [2.05, 4.69) is 15.1 Å². The van der Waals surface area contributed by atoms with Crippen molar-refractivity contribution in [2.45, 2.75) is 11.4 Å². The van der Waals surface area contributed by atoms with Crippen LogP contribution in [-0.2, 0) is 23.6 Å². The second-order valence-electron chi connectivity index (χ2n) is 4.28. The average molecular weight is 298 g/mol. The van der Waals surface area contributed by atoms with Gasteiger partial charge in [-0.2, -0.15) is 5.10 Å². The van der Waals surface area contributed by atoms with E-state index in [4.69, 9.17) is 0 Å². The van der Waals surface area contributed by atoms with Gasteiger partial charge in [-0.3, -0.25) is 9.40 Å². The molecule has 0 bridgehead atoms. The average Bonchev–Trinajstić information content (AvgIpc) is 2.74. The van der Waals surface area contributed by atoms with Crippen LogP contribution in [0, 0.1) is 5.82 Å². The van der Waals surface area contributed by atoms with Gasteiger partial charge in [0.05, 0.1) is 0 Å². The number of nitrogens with zero attached hydrogens (tertiary/aromatic N) is 2. The molecule has 0 saturated heterocycles. The van der Waals surface area contributed by atoms with Crippen molar-refractivity contribution in [3.63, 3.8) is 0 Å². The molecule has 1 aromatic carbocycles. The van der Waals surface area contributed by atoms with Crippen molar-refractivity contribution in [2.24, 2.45) is 7.05 Å². The Kier molecular flexibility index (Phi) is 4.05. The smallest absolute Gasteiger partial charge is 0.266 e. The lowest BCUT2D eigenvalue weighted by Gasteiger charge is -2.08. The Balaban J connectivity index is 2.29. The number of halogens is 1. The normalized spacial score (nSPS) is 11.6. The fourth-order valence-electron chi connectivity index (χ4n) is 1.74. The van der Waals surface area contributed by atoms with Crippen LogP contribution in [0.15, 0.2) is 35.4 Å². The highest BCUT2D eigenvalue weighted by Gasteiger charge is 2.20. The summed E-state index contributed by atoms with van der Waals surface area (Å²) in [6.07, 6.45) is 1.59. The maximum atomic E-state index is 13.9. The van der Waals surface area contributed by atoms with Gasteiger partial charge in [-0.05, 0) is 24.7 Å². The minimum absolute atomic E-state index is 0.145. The predicted molar refractivity (Wildman–Crippen MR) is 73.2 cm³/mol. The van der Waals surface area contributed by atoms with Gasteiger partial charge in [-0.1, -0.05) is 6.07 Å². The minimum Gasteiger partial charge on any atom is -0.316 e. The monoisotopic (exact) mass is 298 g/mol. The highest BCUT2D eigenvalue weighted by molar-refractivity contribution is 7.92. The summed E-state index contributed by atoms with van der Waals surface area (Å²) in [7, 11) is -0.599. The molecule has 0 radical (unpaired) electrons. The third kappa shape index (κ3) is 3.14. The summed E-state index contributed by atoms with van der Waals surface area (Å²) >= 11 is 0. The lowest BCUT2D eigenvalue weighted by molar-refractivity contribution is 0.568. The van der Waals surface area contributed by atoms with Gasteiger partial charge in [0.1, 0.15) is 10.7 Å². The van der Waals surface area contributed by atoms with Gasteiger partial charge in [0.2, 0.25) is 0 Å². The number of anilines is 1. The van der Waals surface area contributed by atoms with E-state index in [1.165, 1.54) is 22.9 Å². The van der Waals surface area contributed by atoms with Gasteiger partial charge in [0.15, 0.2) is 5.82 Å². The SMILES string of the molecule is CNCc1ccc(S(=O)(=O)Nc2ccn(C)n2)c(F)c1. The molecule has 2 aromatic rings. The molecule has 0 aliphatic carbocycles. The standard InChI is InChI=1S/C12H15FN4O2S/c1-14-8-9-3-4-11(10(13)7-9)20(18,19)16-12-5-6-17(2)15-12/h3-7,14H,8H2,1-2H3,(H,15,16). The summed E-state index contributed by atoms with van der Waals surface area (Å²) in [5.41, 5.74) is 0.668. The van der Waals surface area contributed by atoms with Crippen LogP contribution in [0.1, 0.15) is 5.56 Å². The molecule has 6 nitrogen and oxygen atoms in total. The highest BCUT2D eigenvalue weighted by Crippen LogP contribution is 2.19. The first-order valence-corrected chi connectivity index (χ1v) is 7.36. The molecule has 8 heteroatoms. The van der Waals surface area contributed by atoms with E-state index in [0.29, 0.717) is 12.1 Å². The number of benzene rings is 1. The Labute approximate surface area is 116 Å². The van der Waals surface area contributed by atoms with Crippen LogP contribution >= 0.6 is 0 Å². The van der Waals surface area contributed by atoms with Crippen LogP contribution in [0.25, 0.3) is 0 Å². The van der Waals surface area contributed by atoms with Crippen LogP contribution in [0.2, 0.25) is 0 Å². The van der Waals surface area contributed by atoms with E-state index in [0.717, 1.165) is 0 Å². The number of aryl methyl sites for hydroxylation is 1. The maximum Gasteiger partial charge on any atom is 0.266 e. The molecule has 2 rings (SSSR count). The number of nitrogens with one attached hydrogen (secondary N) is 2. The summed E-state index contributed by atoms with van der Waals surface area (Å²) in [6.45, 7) is 0.463. The Morgan fingerprint density at radius 2 is 2.10 bits per heavy atom. The highest BCUT2D eigenvalue weighted by atomic mass is 32.2. The van der Waals surface area contributed by atoms with Crippen molar-refractivity contribution in [2.75, 3.05) is 11.8 Å². The summed E-state index contributed by atoms with van der Waals surface area (Å²) in [5, 5.41) is 6.76. The summed E-state index contributed by atoms with van der Waals surface area (Å²) < 4.78 is 41.8. The molecule has 1 heterocycles. The van der Waals surface area contributed by atoms with E-state index in [1.807, 2.05) is 0 Å². The molecule has 20 heavy (non-hydrogen) atoms. The third-order valence-corrected chi connectivity index (χ3v) is 4.01. The van der Waals surface area contributed by atoms with E-state index < -0.39 is 20.7 Å². The van der Waals surface area contributed by atoms with Crippen molar-refractivity contribution in [1.82, 2.24) is 15.1 Å². The van der Waals surface area contributed by atoms with Crippen LogP contribution < -0.4 is 10.0 Å². The second-order valence-corrected chi connectivity index (χ2v) is 5.93. The summed E-state index contributed by atoms with van der Waals surface area (Å²) in [6, 6.07) is 5.49. The number of sulfonamides is 1. The zero-order valence-corrected chi connectivity index (χ0v) is 11.9. The molecule has 108 valence electrons. The Hall–Kier alpha value is -1.93. The lowest BCUT2D eigenvalue weighted by Crippen LogP contribution is -2.15. The molecule has 0 aliphatic rings. The van der Waals surface area contributed by atoms with E-state index >= 15 is 0 Å². The number of rotatable bonds is 5. The Bertz CT molecular complexity index is 712. The number of aromatic nitrogens is 2. The van der Waals surface area contributed by atoms with Gasteiger partial charge in [0.25, 0.3) is 10.0 Å². The van der Waals surface area contributed by atoms with Crippen molar-refractivity contribution >= 4 is 15.8 Å². The van der Waals surface area contributed by atoms with Crippen LogP contribution in [-0.4, -0.2) is 25.2 Å². The minimum atomic E-state index is -3.98. The molecule has 0 amide bonds. The van der Waals surface area contributed by atoms with Gasteiger partial charge >= 0.3 is 0 Å². The Morgan fingerprint density at radius 1 is 1.35 bits per heavy atom. The zero-order chi connectivity index (χ0) is 14.8. The number of hydrogen-bond acceptors (Lipinski definition) is 4. The third-order valence-electron chi connectivity index (χ3n) is 2.62. The quantitative estimate of drug-likeness (QED) is 0.866. The lowest BCUT2D eigenvalue weighted by atomic mass is 10.2. The topological polar surface area (TPSA) is 76.0 Å². The van der Waals surface area contributed by atoms with Gasteiger partial charge in [-0.25, -0.2) is 12.8 Å². The van der Waals surface area contributed by atoms with Gasteiger partial charge in [-0.15, -0.1) is 0 Å². The molecule has 0 spiro atoms. The molecule has 2 N–H and O–H groups in total. The van der Waals surface area contributed by atoms with Crippen LogP contribution in [0.3, 0.4) is 0 Å². The first kappa shape index (κ1) is 14.5. The number of hydrogen-bond donors (Lipinski definition) is 2. The molecule has 0 aliphatic heterocycles. The van der Waals surface area contributed by atoms with Crippen molar-refractivity contribution in [3.05, 3.63) is 41.8 Å². The second kappa shape index (κ2) is 5.59. The van der Waals surface area contributed by atoms with E-state index in [1.54, 1.807) is 26.4 Å². The fourth-order valence-corrected chi connectivity index (χ4v) is 2.80. The van der Waals surface area contributed by atoms with Gasteiger partial charge in [0, 0.05) is 25.9 Å². The fraction of sp³-hybridized carbons (Fsp3) is 0.250. The predicted octanol–water partition coefficient (Wildman–Crippen LogP) is 1.08. The first-order valence-electron chi connectivity index (χ1n) is 5.88. The molecule has 0 saturated carbocycles. The van der Waals surface area contributed by atoms with Crippen LogP contribution in [0.5, 0.6) is 0 Å². The summed E-state index contributed by atoms with van der Waals surface area (Å²) in [5.74, 6) is -0.646. The van der Waals surface area contributed by atoms with E-state index in [-0.39, 0.29) is 5.82 Å². The molecule has 1 aromatic heterocycles. The van der Waals surface area contributed by atoms with E-state index in [9.17, 15) is 12.8 Å². The molecular weight excluding hydrogens is 283 g/mol. The van der Waals surface area contributed by atoms with Crippen molar-refractivity contribution < 1.29 is 12.8 Å². The molecule has 0 unspecified atom stereocenters. The van der Waals surface area contributed by atoms with Crippen molar-refractivity contribution in [1.29, 1.82) is 0 Å². The van der Waals surface area contributed by atoms with Crippen molar-refractivity contribution in [3.8, 4) is 0 Å². The molecule has 0 fully saturated rings. The first-order chi connectivity index (χ1) is 9.42. The van der Waals surface area contributed by atoms with Gasteiger partial charge < -0.3 is 5.32 Å². The molecular formula is C12H15FN4O2S. The zero-order valence-electron chi connectivity index (χ0n) is 11.1. The largest absolute Gasteiger partial charge is 0.316 e. The molecule has 0 atom stereocenters. The van der Waals surface area contributed by atoms with Crippen LogP contribution in [0.4, 0.5) is 10.2 Å². The summed E-state index contributed by atoms with van der Waals surface area (Å²) in [4.78, 5) is -0.400. The maximum absolute atomic E-state index is 13.9.